The van der Waals surface area contributed by atoms with E-state index in [2.05, 4.69) is 166 Å². The van der Waals surface area contributed by atoms with E-state index in [1.807, 2.05) is 11.3 Å². The second-order valence-corrected chi connectivity index (χ2v) is 22.3. The fourth-order valence-corrected chi connectivity index (χ4v) is 15.0. The summed E-state index contributed by atoms with van der Waals surface area (Å²) in [6.07, 6.45) is 0. The number of rotatable bonds is 6. The second kappa shape index (κ2) is 16.3. The van der Waals surface area contributed by atoms with Gasteiger partial charge in [-0.2, -0.15) is 0 Å². The summed E-state index contributed by atoms with van der Waals surface area (Å²) in [4.78, 5) is 18.9. The van der Waals surface area contributed by atoms with Gasteiger partial charge in [0, 0.05) is 55.0 Å². The van der Waals surface area contributed by atoms with E-state index in [0.29, 0.717) is 0 Å². The standard InChI is InChI=1S/C46H22S10/c1-5-37(47-23-1)41-18-15-30(51-41)10-9-29-27-33(13-11-31-16-19-42(52-31)38-6-2-24-48-38)54-45(29)46-35(36-21-22-44(56-36)40-8-4-26-50-40)28-34(55-46)14-12-32-17-20-43(53-32)39-7-3-25-49-39/h1-8,15-28H. The van der Waals surface area contributed by atoms with Crippen molar-refractivity contribution in [1.29, 1.82) is 0 Å². The minimum Gasteiger partial charge on any atom is -0.143 e. The monoisotopic (exact) mass is 894 g/mol. The molecule has 0 aliphatic rings. The van der Waals surface area contributed by atoms with Crippen LogP contribution in [0.25, 0.3) is 59.2 Å². The van der Waals surface area contributed by atoms with Crippen LogP contribution in [0.1, 0.15) is 29.9 Å². The molecule has 0 atom stereocenters. The largest absolute Gasteiger partial charge is 0.143 e. The van der Waals surface area contributed by atoms with Crippen LogP contribution in [0.5, 0.6) is 0 Å². The third-order valence-electron chi connectivity index (χ3n) is 8.35. The Morgan fingerprint density at radius 2 is 0.679 bits per heavy atom. The van der Waals surface area contributed by atoms with Crippen molar-refractivity contribution in [3.8, 4) is 94.7 Å². The maximum atomic E-state index is 3.61. The Morgan fingerprint density at radius 3 is 1.16 bits per heavy atom. The third-order valence-corrected chi connectivity index (χ3v) is 19.0. The molecule has 0 nitrogen and oxygen atoms in total. The first-order valence-corrected chi connectivity index (χ1v) is 25.5. The lowest BCUT2D eigenvalue weighted by molar-refractivity contribution is 1.78. The summed E-state index contributed by atoms with van der Waals surface area (Å²) in [5.41, 5.74) is 2.18. The minimum atomic E-state index is 0.993. The predicted molar refractivity (Wildman–Crippen MR) is 255 cm³/mol. The molecule has 10 heteroatoms. The zero-order valence-electron chi connectivity index (χ0n) is 28.8. The molecule has 0 radical (unpaired) electrons. The van der Waals surface area contributed by atoms with Crippen molar-refractivity contribution < 1.29 is 0 Å². The molecule has 0 aliphatic carbocycles. The Morgan fingerprint density at radius 1 is 0.286 bits per heavy atom. The molecule has 0 bridgehead atoms. The van der Waals surface area contributed by atoms with Crippen LogP contribution in [-0.4, -0.2) is 0 Å². The molecule has 0 aromatic carbocycles. The highest BCUT2D eigenvalue weighted by Gasteiger charge is 2.20. The lowest BCUT2D eigenvalue weighted by Crippen LogP contribution is -1.76. The van der Waals surface area contributed by atoms with Crippen molar-refractivity contribution in [2.45, 2.75) is 0 Å². The van der Waals surface area contributed by atoms with Crippen LogP contribution in [0.2, 0.25) is 0 Å². The minimum absolute atomic E-state index is 0.993. The number of hydrogen-bond donors (Lipinski definition) is 0. The van der Waals surface area contributed by atoms with Gasteiger partial charge in [0.15, 0.2) is 0 Å². The predicted octanol–water partition coefficient (Wildman–Crippen LogP) is 16.5. The molecule has 10 aromatic rings. The Balaban J connectivity index is 1.07. The molecule has 10 rings (SSSR count). The topological polar surface area (TPSA) is 0 Å². The molecule has 0 amide bonds. The van der Waals surface area contributed by atoms with Crippen LogP contribution in [0.15, 0.2) is 131 Å². The summed E-state index contributed by atoms with van der Waals surface area (Å²) in [6, 6.07) is 39.0. The molecule has 0 fully saturated rings. The molecular weight excluding hydrogens is 873 g/mol. The first-order chi connectivity index (χ1) is 27.7. The lowest BCUT2D eigenvalue weighted by Gasteiger charge is -2.00. The van der Waals surface area contributed by atoms with Gasteiger partial charge in [0.1, 0.15) is 0 Å². The maximum Gasteiger partial charge on any atom is 0.0792 e. The molecule has 0 unspecified atom stereocenters. The Kier molecular flexibility index (Phi) is 10.5. The molecule has 10 aromatic heterocycles. The number of thiophene rings is 10. The Labute approximate surface area is 365 Å². The van der Waals surface area contributed by atoms with Gasteiger partial charge in [0.05, 0.1) is 34.1 Å². The van der Waals surface area contributed by atoms with Crippen molar-refractivity contribution in [3.05, 3.63) is 161 Å². The molecule has 0 spiro atoms. The van der Waals surface area contributed by atoms with E-state index >= 15 is 0 Å². The fraction of sp³-hybridized carbons (Fsp3) is 0. The van der Waals surface area contributed by atoms with E-state index in [1.165, 1.54) is 54.3 Å². The summed E-state index contributed by atoms with van der Waals surface area (Å²) < 4.78 is 0. The van der Waals surface area contributed by atoms with Crippen LogP contribution < -0.4 is 0 Å². The van der Waals surface area contributed by atoms with Gasteiger partial charge < -0.3 is 0 Å². The average Bonchev–Trinajstić information content (AvgIpc) is 4.08. The van der Waals surface area contributed by atoms with E-state index in [0.717, 1.165) is 34.8 Å². The quantitative estimate of drug-likeness (QED) is 0.146. The highest BCUT2D eigenvalue weighted by molar-refractivity contribution is 7.26. The molecule has 266 valence electrons. The van der Waals surface area contributed by atoms with E-state index < -0.39 is 0 Å². The normalized spacial score (nSPS) is 10.8. The SMILES string of the molecule is C(#Cc1cc(C#Cc2ccc(-c3cccs3)s2)c(-c2sc(C#Cc3ccc(-c4cccs4)s3)cc2-c2ccc(-c3cccs3)s2)s1)c1ccc(-c2cccs2)s1. The first-order valence-electron chi connectivity index (χ1n) is 17.1. The fourth-order valence-electron chi connectivity index (χ4n) is 5.80. The smallest absolute Gasteiger partial charge is 0.0792 e. The zero-order chi connectivity index (χ0) is 37.3. The van der Waals surface area contributed by atoms with E-state index in [1.54, 1.807) is 102 Å². The van der Waals surface area contributed by atoms with Crippen molar-refractivity contribution in [3.63, 3.8) is 0 Å². The summed E-state index contributed by atoms with van der Waals surface area (Å²) >= 11 is 17.6. The van der Waals surface area contributed by atoms with Gasteiger partial charge in [0.2, 0.25) is 0 Å². The van der Waals surface area contributed by atoms with Gasteiger partial charge >= 0.3 is 0 Å². The highest BCUT2D eigenvalue weighted by Crippen LogP contribution is 2.47. The molecule has 56 heavy (non-hydrogen) atoms. The third kappa shape index (κ3) is 7.82. The molecule has 0 aliphatic heterocycles. The maximum absolute atomic E-state index is 3.61. The van der Waals surface area contributed by atoms with Crippen molar-refractivity contribution in [1.82, 2.24) is 0 Å². The van der Waals surface area contributed by atoms with Gasteiger partial charge in [-0.25, -0.2) is 0 Å². The summed E-state index contributed by atoms with van der Waals surface area (Å²) in [7, 11) is 0. The lowest BCUT2D eigenvalue weighted by atomic mass is 10.1. The van der Waals surface area contributed by atoms with Gasteiger partial charge in [-0.15, -0.1) is 113 Å². The molecular formula is C46H22S10. The Bertz CT molecular complexity index is 3090. The van der Waals surface area contributed by atoms with E-state index in [4.69, 9.17) is 0 Å². The molecule has 0 saturated carbocycles. The van der Waals surface area contributed by atoms with Crippen LogP contribution in [-0.2, 0) is 0 Å². The van der Waals surface area contributed by atoms with E-state index in [9.17, 15) is 0 Å². The van der Waals surface area contributed by atoms with Crippen molar-refractivity contribution in [2.24, 2.45) is 0 Å². The van der Waals surface area contributed by atoms with Crippen LogP contribution in [0.3, 0.4) is 0 Å². The van der Waals surface area contributed by atoms with Crippen molar-refractivity contribution >= 4 is 113 Å². The van der Waals surface area contributed by atoms with Gasteiger partial charge in [-0.3, -0.25) is 0 Å². The highest BCUT2D eigenvalue weighted by atomic mass is 32.1. The van der Waals surface area contributed by atoms with Crippen LogP contribution in [0.4, 0.5) is 0 Å². The zero-order valence-corrected chi connectivity index (χ0v) is 36.9. The summed E-state index contributed by atoms with van der Waals surface area (Å²) in [6.45, 7) is 0. The van der Waals surface area contributed by atoms with E-state index in [-0.39, 0.29) is 0 Å². The summed E-state index contributed by atoms with van der Waals surface area (Å²) in [5.74, 6) is 21.2. The average molecular weight is 895 g/mol. The second-order valence-electron chi connectivity index (χ2n) is 12.0. The van der Waals surface area contributed by atoms with Gasteiger partial charge in [0.25, 0.3) is 0 Å². The van der Waals surface area contributed by atoms with Gasteiger partial charge in [-0.05, 0) is 130 Å². The first kappa shape index (κ1) is 36.0. The van der Waals surface area contributed by atoms with Crippen molar-refractivity contribution in [2.75, 3.05) is 0 Å². The molecule has 10 heterocycles. The molecule has 0 saturated heterocycles. The molecule has 0 N–H and O–H groups in total. The summed E-state index contributed by atoms with van der Waals surface area (Å²) in [5, 5.41) is 8.50. The Hall–Kier alpha value is -4.32. The van der Waals surface area contributed by atoms with Crippen LogP contribution in [0, 0.1) is 35.5 Å². The van der Waals surface area contributed by atoms with Gasteiger partial charge in [-0.1, -0.05) is 36.1 Å². The van der Waals surface area contributed by atoms with Crippen LogP contribution >= 0.6 is 113 Å². The number of hydrogen-bond acceptors (Lipinski definition) is 10.